The van der Waals surface area contributed by atoms with E-state index in [1.807, 2.05) is 30.5 Å². The summed E-state index contributed by atoms with van der Waals surface area (Å²) in [7, 11) is 0. The van der Waals surface area contributed by atoms with Gasteiger partial charge in [-0.15, -0.1) is 11.8 Å². The third-order valence-electron chi connectivity index (χ3n) is 3.05. The smallest absolute Gasteiger partial charge is 0.140 e. The van der Waals surface area contributed by atoms with Crippen LogP contribution in [0.4, 0.5) is 4.39 Å². The molecule has 4 heteroatoms. The molecule has 0 aliphatic carbocycles. The fourth-order valence-corrected chi connectivity index (χ4v) is 2.53. The number of para-hydroxylation sites is 1. The maximum Gasteiger partial charge on any atom is 0.140 e. The van der Waals surface area contributed by atoms with Gasteiger partial charge in [0, 0.05) is 17.0 Å². The summed E-state index contributed by atoms with van der Waals surface area (Å²) in [6.45, 7) is 3.60. The lowest BCUT2D eigenvalue weighted by Crippen LogP contribution is -2.14. The van der Waals surface area contributed by atoms with Crippen molar-refractivity contribution in [2.45, 2.75) is 24.8 Å². The van der Waals surface area contributed by atoms with E-state index in [-0.39, 0.29) is 5.82 Å². The van der Waals surface area contributed by atoms with Gasteiger partial charge in [0.25, 0.3) is 0 Å². The molecule has 0 aromatic heterocycles. The summed E-state index contributed by atoms with van der Waals surface area (Å²) < 4.78 is 19.4. The van der Waals surface area contributed by atoms with Gasteiger partial charge in [0.2, 0.25) is 0 Å². The molecule has 0 saturated carbocycles. The monoisotopic (exact) mass is 305 g/mol. The first-order valence-electron chi connectivity index (χ1n) is 7.04. The Bertz CT molecular complexity index is 589. The Morgan fingerprint density at radius 1 is 1.14 bits per heavy atom. The van der Waals surface area contributed by atoms with E-state index < -0.39 is 0 Å². The van der Waals surface area contributed by atoms with Crippen LogP contribution >= 0.6 is 11.8 Å². The van der Waals surface area contributed by atoms with Gasteiger partial charge in [-0.25, -0.2) is 4.39 Å². The van der Waals surface area contributed by atoms with Crippen molar-refractivity contribution in [3.05, 3.63) is 53.8 Å². The normalized spacial score (nSPS) is 10.6. The summed E-state index contributed by atoms with van der Waals surface area (Å²) in [4.78, 5) is 1.06. The molecule has 0 amide bonds. The van der Waals surface area contributed by atoms with E-state index in [9.17, 15) is 4.39 Å². The Hall–Kier alpha value is -1.52. The van der Waals surface area contributed by atoms with Crippen LogP contribution in [0.2, 0.25) is 0 Å². The molecule has 0 aliphatic heterocycles. The first kappa shape index (κ1) is 15.9. The molecule has 0 radical (unpaired) electrons. The molecule has 112 valence electrons. The van der Waals surface area contributed by atoms with Crippen molar-refractivity contribution in [2.75, 3.05) is 12.8 Å². The Balaban J connectivity index is 2.22. The largest absolute Gasteiger partial charge is 0.456 e. The second-order valence-electron chi connectivity index (χ2n) is 4.68. The van der Waals surface area contributed by atoms with Crippen LogP contribution in [0.15, 0.2) is 47.4 Å². The first-order valence-corrected chi connectivity index (χ1v) is 8.27. The van der Waals surface area contributed by atoms with Crippen molar-refractivity contribution in [3.63, 3.8) is 0 Å². The SMILES string of the molecule is CCCNCc1cc(F)ccc1Oc1ccccc1SC. The molecule has 0 heterocycles. The molecule has 0 saturated heterocycles. The number of nitrogens with one attached hydrogen (secondary N) is 1. The molecular weight excluding hydrogens is 285 g/mol. The van der Waals surface area contributed by atoms with E-state index in [0.29, 0.717) is 12.3 Å². The summed E-state index contributed by atoms with van der Waals surface area (Å²) in [5.41, 5.74) is 0.833. The summed E-state index contributed by atoms with van der Waals surface area (Å²) in [5.74, 6) is 1.25. The highest BCUT2D eigenvalue weighted by Gasteiger charge is 2.09. The van der Waals surface area contributed by atoms with Crippen LogP contribution in [-0.4, -0.2) is 12.8 Å². The van der Waals surface area contributed by atoms with Crippen LogP contribution in [-0.2, 0) is 6.54 Å². The van der Waals surface area contributed by atoms with E-state index in [0.717, 1.165) is 29.2 Å². The molecule has 0 fully saturated rings. The number of ether oxygens (including phenoxy) is 1. The minimum atomic E-state index is -0.242. The van der Waals surface area contributed by atoms with Gasteiger partial charge in [0.05, 0.1) is 0 Å². The Morgan fingerprint density at radius 2 is 1.95 bits per heavy atom. The summed E-state index contributed by atoms with van der Waals surface area (Å²) in [6, 6.07) is 12.5. The molecule has 2 nitrogen and oxygen atoms in total. The minimum absolute atomic E-state index is 0.242. The number of benzene rings is 2. The van der Waals surface area contributed by atoms with E-state index in [1.54, 1.807) is 17.8 Å². The minimum Gasteiger partial charge on any atom is -0.456 e. The number of halogens is 1. The Morgan fingerprint density at radius 3 is 2.71 bits per heavy atom. The molecule has 1 N–H and O–H groups in total. The summed E-state index contributed by atoms with van der Waals surface area (Å²) in [5, 5.41) is 3.28. The third kappa shape index (κ3) is 4.48. The van der Waals surface area contributed by atoms with Gasteiger partial charge in [0.15, 0.2) is 0 Å². The highest BCUT2D eigenvalue weighted by molar-refractivity contribution is 7.98. The van der Waals surface area contributed by atoms with Gasteiger partial charge in [-0.3, -0.25) is 0 Å². The van der Waals surface area contributed by atoms with Crippen molar-refractivity contribution in [2.24, 2.45) is 0 Å². The zero-order valence-corrected chi connectivity index (χ0v) is 13.2. The standard InChI is InChI=1S/C17H20FNOS/c1-3-10-19-12-13-11-14(18)8-9-15(13)20-16-6-4-5-7-17(16)21-2/h4-9,11,19H,3,10,12H2,1-2H3. The van der Waals surface area contributed by atoms with Crippen molar-refractivity contribution in [1.29, 1.82) is 0 Å². The first-order chi connectivity index (χ1) is 10.2. The van der Waals surface area contributed by atoms with Crippen molar-refractivity contribution in [1.82, 2.24) is 5.32 Å². The van der Waals surface area contributed by atoms with Crippen LogP contribution in [0.3, 0.4) is 0 Å². The van der Waals surface area contributed by atoms with E-state index in [2.05, 4.69) is 12.2 Å². The molecule has 21 heavy (non-hydrogen) atoms. The molecular formula is C17H20FNOS. The van der Waals surface area contributed by atoms with E-state index in [4.69, 9.17) is 4.74 Å². The maximum absolute atomic E-state index is 13.5. The van der Waals surface area contributed by atoms with Crippen LogP contribution in [0.1, 0.15) is 18.9 Å². The third-order valence-corrected chi connectivity index (χ3v) is 3.83. The lowest BCUT2D eigenvalue weighted by molar-refractivity contribution is 0.459. The lowest BCUT2D eigenvalue weighted by atomic mass is 10.2. The zero-order chi connectivity index (χ0) is 15.1. The zero-order valence-electron chi connectivity index (χ0n) is 12.4. The van der Waals surface area contributed by atoms with E-state index >= 15 is 0 Å². The highest BCUT2D eigenvalue weighted by Crippen LogP contribution is 2.33. The van der Waals surface area contributed by atoms with E-state index in [1.165, 1.54) is 12.1 Å². The predicted molar refractivity (Wildman–Crippen MR) is 86.7 cm³/mol. The van der Waals surface area contributed by atoms with Crippen LogP contribution in [0.5, 0.6) is 11.5 Å². The Labute approximate surface area is 129 Å². The second-order valence-corrected chi connectivity index (χ2v) is 5.53. The fraction of sp³-hybridized carbons (Fsp3) is 0.294. The molecule has 2 aromatic rings. The molecule has 0 unspecified atom stereocenters. The molecule has 2 rings (SSSR count). The Kier molecular flexibility index (Phi) is 6.08. The van der Waals surface area contributed by atoms with Crippen LogP contribution < -0.4 is 10.1 Å². The average molecular weight is 305 g/mol. The average Bonchev–Trinajstić information content (AvgIpc) is 2.50. The van der Waals surface area contributed by atoms with Gasteiger partial charge >= 0.3 is 0 Å². The fourth-order valence-electron chi connectivity index (χ4n) is 2.01. The lowest BCUT2D eigenvalue weighted by Gasteiger charge is -2.14. The van der Waals surface area contributed by atoms with Crippen LogP contribution in [0, 0.1) is 5.82 Å². The number of hydrogen-bond acceptors (Lipinski definition) is 3. The van der Waals surface area contributed by atoms with Crippen LogP contribution in [0.25, 0.3) is 0 Å². The maximum atomic E-state index is 13.5. The van der Waals surface area contributed by atoms with Crippen molar-refractivity contribution >= 4 is 11.8 Å². The van der Waals surface area contributed by atoms with Gasteiger partial charge in [-0.05, 0) is 49.6 Å². The quantitative estimate of drug-likeness (QED) is 0.584. The van der Waals surface area contributed by atoms with Gasteiger partial charge in [0.1, 0.15) is 17.3 Å². The van der Waals surface area contributed by atoms with Gasteiger partial charge in [-0.2, -0.15) is 0 Å². The molecule has 0 aliphatic rings. The second kappa shape index (κ2) is 8.05. The number of rotatable bonds is 7. The number of thioether (sulfide) groups is 1. The molecule has 0 bridgehead atoms. The van der Waals surface area contributed by atoms with Gasteiger partial charge in [-0.1, -0.05) is 19.1 Å². The molecule has 2 aromatic carbocycles. The van der Waals surface area contributed by atoms with Gasteiger partial charge < -0.3 is 10.1 Å². The topological polar surface area (TPSA) is 21.3 Å². The molecule has 0 atom stereocenters. The molecule has 0 spiro atoms. The predicted octanol–water partition coefficient (Wildman–Crippen LogP) is 4.84. The summed E-state index contributed by atoms with van der Waals surface area (Å²) >= 11 is 1.63. The summed E-state index contributed by atoms with van der Waals surface area (Å²) in [6.07, 6.45) is 3.05. The number of hydrogen-bond donors (Lipinski definition) is 1. The van der Waals surface area contributed by atoms with Crippen molar-refractivity contribution in [3.8, 4) is 11.5 Å². The van der Waals surface area contributed by atoms with Crippen molar-refractivity contribution < 1.29 is 9.13 Å². The highest BCUT2D eigenvalue weighted by atomic mass is 32.2.